The molecule has 4 nitrogen and oxygen atoms in total. The van der Waals surface area contributed by atoms with Crippen LogP contribution in [0, 0.1) is 11.3 Å². The summed E-state index contributed by atoms with van der Waals surface area (Å²) in [7, 11) is 2.97. The van der Waals surface area contributed by atoms with Crippen LogP contribution in [0.15, 0.2) is 24.3 Å². The van der Waals surface area contributed by atoms with Gasteiger partial charge in [-0.3, -0.25) is 9.59 Å². The molecule has 0 amide bonds. The van der Waals surface area contributed by atoms with Gasteiger partial charge in [0.2, 0.25) is 0 Å². The molecule has 0 saturated heterocycles. The number of carbonyl (C=O) groups is 2. The van der Waals surface area contributed by atoms with E-state index in [0.717, 1.165) is 11.3 Å². The lowest BCUT2D eigenvalue weighted by Gasteiger charge is -2.26. The summed E-state index contributed by atoms with van der Waals surface area (Å²) in [5.41, 5.74) is 0.511. The Kier molecular flexibility index (Phi) is 6.15. The van der Waals surface area contributed by atoms with Crippen molar-refractivity contribution >= 4 is 11.8 Å². The summed E-state index contributed by atoms with van der Waals surface area (Å²) in [5.74, 6) is -0.0169. The molecule has 22 heavy (non-hydrogen) atoms. The largest absolute Gasteiger partial charge is 0.497 e. The zero-order valence-corrected chi connectivity index (χ0v) is 14.3. The van der Waals surface area contributed by atoms with Gasteiger partial charge in [0.25, 0.3) is 0 Å². The van der Waals surface area contributed by atoms with E-state index in [4.69, 9.17) is 9.47 Å². The van der Waals surface area contributed by atoms with E-state index in [9.17, 15) is 9.59 Å². The first-order valence-electron chi connectivity index (χ1n) is 7.45. The lowest BCUT2D eigenvalue weighted by Crippen LogP contribution is -2.28. The molecular weight excluding hydrogens is 280 g/mol. The van der Waals surface area contributed by atoms with Crippen molar-refractivity contribution in [1.29, 1.82) is 0 Å². The van der Waals surface area contributed by atoms with Crippen LogP contribution < -0.4 is 4.74 Å². The van der Waals surface area contributed by atoms with E-state index < -0.39 is 5.41 Å². The molecule has 0 saturated carbocycles. The molecule has 0 unspecified atom stereocenters. The first-order chi connectivity index (χ1) is 10.2. The molecule has 4 heteroatoms. The highest BCUT2D eigenvalue weighted by Gasteiger charge is 2.32. The minimum absolute atomic E-state index is 0.129. The van der Waals surface area contributed by atoms with Crippen molar-refractivity contribution < 1.29 is 19.1 Å². The molecule has 1 aromatic carbocycles. The summed E-state index contributed by atoms with van der Waals surface area (Å²) in [4.78, 5) is 24.3. The first-order valence-corrected chi connectivity index (χ1v) is 7.45. The number of methoxy groups -OCH3 is 2. The molecule has 2 atom stereocenters. The van der Waals surface area contributed by atoms with Crippen LogP contribution in [0.3, 0.4) is 0 Å². The summed E-state index contributed by atoms with van der Waals surface area (Å²) in [6, 6.07) is 7.49. The molecule has 1 aromatic rings. The number of Topliss-reactive ketones (excluding diaryl/α,β-unsaturated/α-hetero) is 1. The van der Waals surface area contributed by atoms with Crippen LogP contribution in [0.4, 0.5) is 0 Å². The number of rotatable bonds is 6. The van der Waals surface area contributed by atoms with Gasteiger partial charge in [-0.25, -0.2) is 0 Å². The van der Waals surface area contributed by atoms with Gasteiger partial charge in [-0.15, -0.1) is 0 Å². The summed E-state index contributed by atoms with van der Waals surface area (Å²) >= 11 is 0. The summed E-state index contributed by atoms with van der Waals surface area (Å²) in [6.07, 6.45) is 0.312. The molecule has 0 aliphatic heterocycles. The number of esters is 1. The molecule has 0 radical (unpaired) electrons. The predicted octanol–water partition coefficient (Wildman–Crippen LogP) is 3.59. The predicted molar refractivity (Wildman–Crippen MR) is 86.0 cm³/mol. The van der Waals surface area contributed by atoms with Gasteiger partial charge in [0.15, 0.2) is 0 Å². The van der Waals surface area contributed by atoms with E-state index in [1.54, 1.807) is 14.0 Å². The van der Waals surface area contributed by atoms with Crippen molar-refractivity contribution in [2.75, 3.05) is 14.2 Å². The quantitative estimate of drug-likeness (QED) is 0.754. The average molecular weight is 306 g/mol. The second-order valence-corrected chi connectivity index (χ2v) is 6.57. The number of benzene rings is 1. The monoisotopic (exact) mass is 306 g/mol. The van der Waals surface area contributed by atoms with Gasteiger partial charge in [0.1, 0.15) is 11.5 Å². The van der Waals surface area contributed by atoms with Crippen molar-refractivity contribution in [3.63, 3.8) is 0 Å². The van der Waals surface area contributed by atoms with E-state index in [1.807, 2.05) is 45.0 Å². The molecule has 0 aliphatic rings. The van der Waals surface area contributed by atoms with Gasteiger partial charge in [0.05, 0.1) is 20.1 Å². The molecule has 0 fully saturated rings. The van der Waals surface area contributed by atoms with Crippen LogP contribution in [-0.2, 0) is 14.3 Å². The second-order valence-electron chi connectivity index (χ2n) is 6.57. The molecular formula is C18H26O4. The van der Waals surface area contributed by atoms with Gasteiger partial charge in [-0.2, -0.15) is 0 Å². The van der Waals surface area contributed by atoms with E-state index in [2.05, 4.69) is 0 Å². The average Bonchev–Trinajstić information content (AvgIpc) is 2.50. The molecule has 122 valence electrons. The van der Waals surface area contributed by atoms with Crippen molar-refractivity contribution in [2.24, 2.45) is 11.3 Å². The number of ketones is 1. The highest BCUT2D eigenvalue weighted by atomic mass is 16.5. The van der Waals surface area contributed by atoms with Crippen molar-refractivity contribution in [3.05, 3.63) is 29.8 Å². The summed E-state index contributed by atoms with van der Waals surface area (Å²) in [6.45, 7) is 7.48. The maximum atomic E-state index is 12.4. The Bertz CT molecular complexity index is 511. The zero-order chi connectivity index (χ0) is 16.9. The molecule has 0 bridgehead atoms. The fourth-order valence-corrected chi connectivity index (χ4v) is 2.29. The molecule has 0 aromatic heterocycles. The maximum Gasteiger partial charge on any atom is 0.309 e. The first kappa shape index (κ1) is 18.2. The number of hydrogen-bond acceptors (Lipinski definition) is 4. The smallest absolute Gasteiger partial charge is 0.309 e. The number of ether oxygens (including phenoxy) is 2. The van der Waals surface area contributed by atoms with Crippen molar-refractivity contribution in [2.45, 2.75) is 40.0 Å². The van der Waals surface area contributed by atoms with Gasteiger partial charge >= 0.3 is 5.97 Å². The van der Waals surface area contributed by atoms with Crippen molar-refractivity contribution in [3.8, 4) is 5.75 Å². The third-order valence-electron chi connectivity index (χ3n) is 3.96. The lowest BCUT2D eigenvalue weighted by atomic mass is 9.78. The second kappa shape index (κ2) is 7.43. The van der Waals surface area contributed by atoms with E-state index >= 15 is 0 Å². The Balaban J connectivity index is 3.09. The summed E-state index contributed by atoms with van der Waals surface area (Å²) < 4.78 is 10.0. The Morgan fingerprint density at radius 2 is 1.64 bits per heavy atom. The molecule has 0 heterocycles. The van der Waals surface area contributed by atoms with Crippen LogP contribution in [0.1, 0.15) is 45.6 Å². The van der Waals surface area contributed by atoms with Gasteiger partial charge in [0, 0.05) is 17.8 Å². The minimum Gasteiger partial charge on any atom is -0.497 e. The van der Waals surface area contributed by atoms with Crippen LogP contribution in [-0.4, -0.2) is 26.0 Å². The lowest BCUT2D eigenvalue weighted by molar-refractivity contribution is -0.146. The Labute approximate surface area is 132 Å². The Hall–Kier alpha value is -1.84. The van der Waals surface area contributed by atoms with E-state index in [0.29, 0.717) is 6.42 Å². The van der Waals surface area contributed by atoms with E-state index in [1.165, 1.54) is 7.11 Å². The molecule has 0 N–H and O–H groups in total. The Morgan fingerprint density at radius 3 is 2.05 bits per heavy atom. The number of hydrogen-bond donors (Lipinski definition) is 0. The third-order valence-corrected chi connectivity index (χ3v) is 3.96. The summed E-state index contributed by atoms with van der Waals surface area (Å²) in [5, 5.41) is 0. The topological polar surface area (TPSA) is 52.6 Å². The minimum atomic E-state index is -0.430. The van der Waals surface area contributed by atoms with Gasteiger partial charge < -0.3 is 9.47 Å². The SMILES string of the molecule is COC(=O)[C@@H](C)[C@@H](CC(=O)C(C)(C)C)c1ccc(OC)cc1. The third kappa shape index (κ3) is 4.58. The zero-order valence-electron chi connectivity index (χ0n) is 14.3. The highest BCUT2D eigenvalue weighted by molar-refractivity contribution is 5.85. The van der Waals surface area contributed by atoms with Crippen LogP contribution in [0.25, 0.3) is 0 Å². The van der Waals surface area contributed by atoms with Crippen molar-refractivity contribution in [1.82, 2.24) is 0 Å². The van der Waals surface area contributed by atoms with Crippen LogP contribution in [0.2, 0.25) is 0 Å². The highest BCUT2D eigenvalue weighted by Crippen LogP contribution is 2.33. The fraction of sp³-hybridized carbons (Fsp3) is 0.556. The number of carbonyl (C=O) groups excluding carboxylic acids is 2. The van der Waals surface area contributed by atoms with Gasteiger partial charge in [-0.05, 0) is 17.7 Å². The molecule has 1 rings (SSSR count). The normalized spacial score (nSPS) is 14.1. The Morgan fingerprint density at radius 1 is 1.09 bits per heavy atom. The van der Waals surface area contributed by atoms with E-state index in [-0.39, 0.29) is 23.6 Å². The standard InChI is InChI=1S/C18H26O4/c1-12(17(20)22-6)15(11-16(19)18(2,3)4)13-7-9-14(21-5)10-8-13/h7-10,12,15H,11H2,1-6H3/t12-,15+/m0/s1. The van der Waals surface area contributed by atoms with Gasteiger partial charge in [-0.1, -0.05) is 39.8 Å². The molecule has 0 spiro atoms. The van der Waals surface area contributed by atoms with Crippen LogP contribution >= 0.6 is 0 Å². The molecule has 0 aliphatic carbocycles. The maximum absolute atomic E-state index is 12.4. The fourth-order valence-electron chi connectivity index (χ4n) is 2.29. The van der Waals surface area contributed by atoms with Crippen LogP contribution in [0.5, 0.6) is 5.75 Å².